The maximum absolute atomic E-state index is 12.6. The van der Waals surface area contributed by atoms with Gasteiger partial charge in [0, 0.05) is 12.3 Å². The van der Waals surface area contributed by atoms with E-state index in [4.69, 9.17) is 24.7 Å². The predicted octanol–water partition coefficient (Wildman–Crippen LogP) is 1.02. The number of aromatic nitrogens is 2. The standard InChI is InChI=1S/C21H19F3N4O10/c1-9(25)17(29)38-27-13-6-7-28(19(31)26-13)16-15-14(35-20(32)36-15)12(34-16)8-33-18(30)10-2-4-11(5-3-10)37-21(22,23)24/h2-7,9,12,14-16H,8,25H2,1H3,(H,26,27,31)/t9-,12-,14-,15-,16-/m1/s1. The molecule has 2 aromatic rings. The van der Waals surface area contributed by atoms with Crippen LogP contribution in [0.2, 0.25) is 0 Å². The molecule has 0 aliphatic carbocycles. The summed E-state index contributed by atoms with van der Waals surface area (Å²) in [5.41, 5.74) is 6.59. The van der Waals surface area contributed by atoms with Gasteiger partial charge >= 0.3 is 30.1 Å². The van der Waals surface area contributed by atoms with E-state index >= 15 is 0 Å². The molecule has 2 fully saturated rings. The number of hydrogen-bond acceptors (Lipinski definition) is 13. The van der Waals surface area contributed by atoms with Gasteiger partial charge in [-0.05, 0) is 31.2 Å². The smallest absolute Gasteiger partial charge is 0.459 e. The van der Waals surface area contributed by atoms with Gasteiger partial charge in [0.25, 0.3) is 0 Å². The minimum Gasteiger partial charge on any atom is -0.459 e. The zero-order valence-electron chi connectivity index (χ0n) is 19.2. The number of nitrogens with two attached hydrogens (primary N) is 1. The lowest BCUT2D eigenvalue weighted by atomic mass is 10.1. The zero-order valence-corrected chi connectivity index (χ0v) is 19.2. The van der Waals surface area contributed by atoms with Crippen LogP contribution in [0, 0.1) is 0 Å². The van der Waals surface area contributed by atoms with E-state index in [9.17, 15) is 32.3 Å². The Morgan fingerprint density at radius 2 is 1.84 bits per heavy atom. The molecule has 17 heteroatoms. The van der Waals surface area contributed by atoms with E-state index < -0.39 is 73.1 Å². The second kappa shape index (κ2) is 10.5. The number of anilines is 1. The van der Waals surface area contributed by atoms with Crippen LogP contribution >= 0.6 is 0 Å². The van der Waals surface area contributed by atoms with Gasteiger partial charge in [-0.3, -0.25) is 4.57 Å². The second-order valence-corrected chi connectivity index (χ2v) is 7.97. The highest BCUT2D eigenvalue weighted by Gasteiger charge is 2.55. The third-order valence-corrected chi connectivity index (χ3v) is 5.18. The third kappa shape index (κ3) is 6.12. The molecule has 38 heavy (non-hydrogen) atoms. The van der Waals surface area contributed by atoms with Crippen LogP contribution in [0.15, 0.2) is 41.3 Å². The molecule has 4 rings (SSSR count). The Bertz CT molecular complexity index is 1270. The molecule has 0 unspecified atom stereocenters. The number of alkyl halides is 3. The highest BCUT2D eigenvalue weighted by atomic mass is 19.4. The average molecular weight is 544 g/mol. The van der Waals surface area contributed by atoms with Crippen LogP contribution in [0.3, 0.4) is 0 Å². The average Bonchev–Trinajstić information content (AvgIpc) is 3.38. The van der Waals surface area contributed by atoms with Crippen LogP contribution in [-0.2, 0) is 28.6 Å². The monoisotopic (exact) mass is 544 g/mol. The van der Waals surface area contributed by atoms with Crippen LogP contribution < -0.4 is 21.6 Å². The van der Waals surface area contributed by atoms with E-state index in [1.807, 2.05) is 0 Å². The van der Waals surface area contributed by atoms with E-state index in [-0.39, 0.29) is 11.4 Å². The minimum absolute atomic E-state index is 0.0847. The second-order valence-electron chi connectivity index (χ2n) is 7.97. The molecule has 1 aromatic carbocycles. The molecule has 14 nitrogen and oxygen atoms in total. The molecule has 204 valence electrons. The number of fused-ring (bicyclic) bond motifs is 1. The van der Waals surface area contributed by atoms with Crippen molar-refractivity contribution in [3.63, 3.8) is 0 Å². The topological polar surface area (TPSA) is 180 Å². The van der Waals surface area contributed by atoms with Crippen LogP contribution in [-0.4, -0.2) is 65.0 Å². The fourth-order valence-corrected chi connectivity index (χ4v) is 3.48. The lowest BCUT2D eigenvalue weighted by Gasteiger charge is -2.18. The normalized spacial score (nSPS) is 23.0. The van der Waals surface area contributed by atoms with Crippen molar-refractivity contribution in [2.75, 3.05) is 12.1 Å². The number of carbonyl (C=O) groups is 3. The maximum atomic E-state index is 12.6. The summed E-state index contributed by atoms with van der Waals surface area (Å²) in [6, 6.07) is 4.35. The molecule has 2 saturated heterocycles. The number of carbonyl (C=O) groups excluding carboxylic acids is 3. The van der Waals surface area contributed by atoms with E-state index in [0.717, 1.165) is 28.8 Å². The summed E-state index contributed by atoms with van der Waals surface area (Å²) in [6.07, 6.45) is -9.13. The van der Waals surface area contributed by atoms with Crippen LogP contribution in [0.25, 0.3) is 0 Å². The van der Waals surface area contributed by atoms with Crippen molar-refractivity contribution in [3.8, 4) is 5.75 Å². The Morgan fingerprint density at radius 1 is 1.16 bits per heavy atom. The SMILES string of the molecule is C[C@@H](N)C(=O)ONc1ccn([C@@H]2O[C@H](COC(=O)c3ccc(OC(F)(F)F)cc3)[C@H]3OC(=O)O[C@H]32)c(=O)n1. The van der Waals surface area contributed by atoms with Crippen LogP contribution in [0.5, 0.6) is 5.75 Å². The number of halogens is 3. The highest BCUT2D eigenvalue weighted by molar-refractivity contribution is 5.89. The Balaban J connectivity index is 1.41. The quantitative estimate of drug-likeness (QED) is 0.273. The summed E-state index contributed by atoms with van der Waals surface area (Å²) < 4.78 is 62.7. The van der Waals surface area contributed by atoms with E-state index in [0.29, 0.717) is 0 Å². The molecule has 2 aliphatic rings. The molecule has 1 aromatic heterocycles. The molecule has 0 spiro atoms. The molecule has 0 radical (unpaired) electrons. The molecule has 3 N–H and O–H groups in total. The van der Waals surface area contributed by atoms with Crippen molar-refractivity contribution in [3.05, 3.63) is 52.6 Å². The van der Waals surface area contributed by atoms with E-state index in [1.165, 1.54) is 19.2 Å². The van der Waals surface area contributed by atoms with E-state index in [1.54, 1.807) is 0 Å². The maximum Gasteiger partial charge on any atom is 0.573 e. The number of hydrogen-bond donors (Lipinski definition) is 2. The summed E-state index contributed by atoms with van der Waals surface area (Å²) >= 11 is 0. The van der Waals surface area contributed by atoms with Gasteiger partial charge in [0.2, 0.25) is 0 Å². The first-order valence-corrected chi connectivity index (χ1v) is 10.8. The van der Waals surface area contributed by atoms with Gasteiger partial charge in [-0.15, -0.1) is 13.2 Å². The molecule has 2 aliphatic heterocycles. The summed E-state index contributed by atoms with van der Waals surface area (Å²) in [5, 5.41) is 0. The molecule has 5 atom stereocenters. The first-order chi connectivity index (χ1) is 17.9. The highest BCUT2D eigenvalue weighted by Crippen LogP contribution is 2.37. The Hall–Kier alpha value is -4.38. The summed E-state index contributed by atoms with van der Waals surface area (Å²) in [4.78, 5) is 56.5. The third-order valence-electron chi connectivity index (χ3n) is 5.18. The lowest BCUT2D eigenvalue weighted by molar-refractivity contribution is -0.274. The molecular weight excluding hydrogens is 525 g/mol. The Labute approximate surface area is 210 Å². The summed E-state index contributed by atoms with van der Waals surface area (Å²) in [7, 11) is 0. The number of ether oxygens (including phenoxy) is 5. The largest absolute Gasteiger partial charge is 0.573 e. The number of benzene rings is 1. The number of esters is 1. The van der Waals surface area contributed by atoms with Gasteiger partial charge in [-0.1, -0.05) is 0 Å². The first kappa shape index (κ1) is 26.7. The van der Waals surface area contributed by atoms with Crippen molar-refractivity contribution in [1.29, 1.82) is 0 Å². The van der Waals surface area contributed by atoms with Crippen molar-refractivity contribution < 1.29 is 56.1 Å². The number of nitrogens with one attached hydrogen (secondary N) is 1. The summed E-state index contributed by atoms with van der Waals surface area (Å²) in [5.74, 6) is -2.35. The Morgan fingerprint density at radius 3 is 2.47 bits per heavy atom. The van der Waals surface area contributed by atoms with Crippen LogP contribution in [0.4, 0.5) is 23.8 Å². The van der Waals surface area contributed by atoms with Gasteiger partial charge in [-0.2, -0.15) is 4.98 Å². The molecule has 0 bridgehead atoms. The molecule has 0 amide bonds. The van der Waals surface area contributed by atoms with Gasteiger partial charge in [0.05, 0.1) is 5.56 Å². The first-order valence-electron chi connectivity index (χ1n) is 10.8. The van der Waals surface area contributed by atoms with Gasteiger partial charge in [0.15, 0.2) is 24.3 Å². The lowest BCUT2D eigenvalue weighted by Crippen LogP contribution is -2.35. The minimum atomic E-state index is -4.89. The van der Waals surface area contributed by atoms with Crippen molar-refractivity contribution in [2.45, 2.75) is 43.9 Å². The van der Waals surface area contributed by atoms with Gasteiger partial charge in [-0.25, -0.2) is 24.7 Å². The zero-order chi connectivity index (χ0) is 27.6. The number of rotatable bonds is 8. The molecule has 0 saturated carbocycles. The van der Waals surface area contributed by atoms with Crippen molar-refractivity contribution in [2.24, 2.45) is 5.73 Å². The predicted molar refractivity (Wildman–Crippen MR) is 114 cm³/mol. The van der Waals surface area contributed by atoms with Gasteiger partial charge < -0.3 is 34.3 Å². The van der Waals surface area contributed by atoms with Crippen molar-refractivity contribution >= 4 is 23.9 Å². The molecular formula is C21H19F3N4O10. The van der Waals surface area contributed by atoms with E-state index in [2.05, 4.69) is 20.0 Å². The Kier molecular flexibility index (Phi) is 7.40. The fourth-order valence-electron chi connectivity index (χ4n) is 3.48. The molecule has 3 heterocycles. The fraction of sp³-hybridized carbons (Fsp3) is 0.381. The number of nitrogens with zero attached hydrogens (tertiary/aromatic N) is 2. The summed E-state index contributed by atoms with van der Waals surface area (Å²) in [6.45, 7) is 0.939. The van der Waals surface area contributed by atoms with Crippen LogP contribution in [0.1, 0.15) is 23.5 Å². The van der Waals surface area contributed by atoms with Crippen molar-refractivity contribution in [1.82, 2.24) is 9.55 Å². The van der Waals surface area contributed by atoms with Gasteiger partial charge in [0.1, 0.15) is 24.5 Å².